The largest absolute Gasteiger partial charge is 0.484 e. The van der Waals surface area contributed by atoms with Gasteiger partial charge in [-0.2, -0.15) is 17.0 Å². The lowest BCUT2D eigenvalue weighted by Crippen LogP contribution is -2.34. The topological polar surface area (TPSA) is 92.3 Å². The molecule has 0 fully saturated rings. The number of fused-ring (bicyclic) bond motifs is 1. The van der Waals surface area contributed by atoms with Gasteiger partial charge < -0.3 is 10.1 Å². The van der Waals surface area contributed by atoms with Crippen molar-refractivity contribution < 1.29 is 9.53 Å². The minimum atomic E-state index is -0.257. The Bertz CT molecular complexity index is 949. The van der Waals surface area contributed by atoms with E-state index in [9.17, 15) is 4.79 Å². The highest BCUT2D eigenvalue weighted by Gasteiger charge is 2.20. The number of benzene rings is 1. The predicted molar refractivity (Wildman–Crippen MR) is 104 cm³/mol. The van der Waals surface area contributed by atoms with Gasteiger partial charge in [0, 0.05) is 6.20 Å². The second-order valence-corrected chi connectivity index (χ2v) is 6.80. The zero-order valence-corrected chi connectivity index (χ0v) is 15.6. The van der Waals surface area contributed by atoms with Crippen molar-refractivity contribution in [1.82, 2.24) is 19.9 Å². The Hall–Kier alpha value is -3.05. The molecule has 0 aliphatic carbocycles. The smallest absolute Gasteiger partial charge is 0.258 e. The number of hydrogen-bond donors (Lipinski definition) is 1. The minimum absolute atomic E-state index is 0.113. The molecule has 3 aromatic rings. The van der Waals surface area contributed by atoms with Gasteiger partial charge in [0.25, 0.3) is 5.91 Å². The third-order valence-electron chi connectivity index (χ3n) is 3.95. The van der Waals surface area contributed by atoms with Crippen LogP contribution in [0.3, 0.4) is 0 Å². The van der Waals surface area contributed by atoms with Crippen molar-refractivity contribution in [2.45, 2.75) is 12.5 Å². The molecule has 0 saturated carbocycles. The van der Waals surface area contributed by atoms with Crippen LogP contribution in [-0.4, -0.2) is 39.1 Å². The summed E-state index contributed by atoms with van der Waals surface area (Å²) < 4.78 is 7.39. The van der Waals surface area contributed by atoms with Crippen molar-refractivity contribution in [2.24, 2.45) is 0 Å². The number of amides is 1. The third kappa shape index (κ3) is 4.77. The monoisotopic (exact) mass is 381 g/mol. The number of nitriles is 1. The molecule has 1 N–H and O–H groups in total. The Balaban J connectivity index is 1.66. The van der Waals surface area contributed by atoms with E-state index in [0.29, 0.717) is 17.1 Å². The number of pyridine rings is 1. The zero-order chi connectivity index (χ0) is 19.1. The van der Waals surface area contributed by atoms with Crippen LogP contribution < -0.4 is 10.1 Å². The summed E-state index contributed by atoms with van der Waals surface area (Å²) in [7, 11) is 0. The molecule has 8 heteroatoms. The molecule has 0 spiro atoms. The van der Waals surface area contributed by atoms with Gasteiger partial charge in [0.05, 0.1) is 17.7 Å². The van der Waals surface area contributed by atoms with Gasteiger partial charge in [-0.3, -0.25) is 9.20 Å². The SMILES string of the molecule is CSCCC(NC(=O)COc1ccc(C#N)cc1)c1nnc2ccccn12. The number of rotatable bonds is 8. The molecule has 0 radical (unpaired) electrons. The first-order valence-corrected chi connectivity index (χ1v) is 9.81. The normalized spacial score (nSPS) is 11.7. The summed E-state index contributed by atoms with van der Waals surface area (Å²) in [5, 5.41) is 20.2. The van der Waals surface area contributed by atoms with Crippen LogP contribution in [0.15, 0.2) is 48.7 Å². The summed E-state index contributed by atoms with van der Waals surface area (Å²) in [6.45, 7) is -0.113. The lowest BCUT2D eigenvalue weighted by Gasteiger charge is -2.17. The molecule has 0 aliphatic rings. The van der Waals surface area contributed by atoms with Gasteiger partial charge in [0.1, 0.15) is 5.75 Å². The fraction of sp³-hybridized carbons (Fsp3) is 0.263. The van der Waals surface area contributed by atoms with Crippen molar-refractivity contribution in [1.29, 1.82) is 5.26 Å². The van der Waals surface area contributed by atoms with Crippen molar-refractivity contribution in [2.75, 3.05) is 18.6 Å². The molecule has 2 heterocycles. The number of carbonyl (C=O) groups is 1. The van der Waals surface area contributed by atoms with Gasteiger partial charge >= 0.3 is 0 Å². The van der Waals surface area contributed by atoms with Gasteiger partial charge in [-0.1, -0.05) is 6.07 Å². The standard InChI is InChI=1S/C19H19N5O2S/c1-27-11-9-16(19-23-22-17-4-2-3-10-24(17)19)21-18(25)13-26-15-7-5-14(12-20)6-8-15/h2-8,10,16H,9,11,13H2,1H3,(H,21,25). The molecule has 0 aliphatic heterocycles. The third-order valence-corrected chi connectivity index (χ3v) is 4.59. The lowest BCUT2D eigenvalue weighted by molar-refractivity contribution is -0.123. The van der Waals surface area contributed by atoms with Gasteiger partial charge in [-0.05, 0) is 54.8 Å². The molecule has 1 atom stereocenters. The molecule has 138 valence electrons. The van der Waals surface area contributed by atoms with Gasteiger partial charge in [-0.25, -0.2) is 0 Å². The van der Waals surface area contributed by atoms with E-state index in [1.807, 2.05) is 41.1 Å². The fourth-order valence-corrected chi connectivity index (χ4v) is 3.08. The summed E-state index contributed by atoms with van der Waals surface area (Å²) in [6, 6.07) is 14.1. The van der Waals surface area contributed by atoms with Crippen molar-refractivity contribution >= 4 is 23.3 Å². The predicted octanol–water partition coefficient (Wildman–Crippen LogP) is 2.59. The molecule has 1 unspecified atom stereocenters. The first-order chi connectivity index (χ1) is 13.2. The second kappa shape index (κ2) is 9.05. The van der Waals surface area contributed by atoms with E-state index in [1.165, 1.54) is 0 Å². The van der Waals surface area contributed by atoms with Gasteiger partial charge in [-0.15, -0.1) is 10.2 Å². The first-order valence-electron chi connectivity index (χ1n) is 8.42. The summed E-state index contributed by atoms with van der Waals surface area (Å²) in [5.41, 5.74) is 1.28. The van der Waals surface area contributed by atoms with E-state index in [2.05, 4.69) is 15.5 Å². The van der Waals surface area contributed by atoms with Crippen molar-refractivity contribution in [3.8, 4) is 11.8 Å². The molecule has 1 aromatic carbocycles. The average molecular weight is 381 g/mol. The Morgan fingerprint density at radius 2 is 2.11 bits per heavy atom. The molecule has 3 rings (SSSR count). The Morgan fingerprint density at radius 3 is 2.85 bits per heavy atom. The van der Waals surface area contributed by atoms with E-state index in [-0.39, 0.29) is 18.6 Å². The molecule has 7 nitrogen and oxygen atoms in total. The highest BCUT2D eigenvalue weighted by Crippen LogP contribution is 2.18. The number of nitrogens with zero attached hydrogens (tertiary/aromatic N) is 4. The van der Waals surface area contributed by atoms with Crippen LogP contribution in [0, 0.1) is 11.3 Å². The number of nitrogens with one attached hydrogen (secondary N) is 1. The number of ether oxygens (including phenoxy) is 1. The van der Waals surface area contributed by atoms with Crippen molar-refractivity contribution in [3.63, 3.8) is 0 Å². The number of carbonyl (C=O) groups excluding carboxylic acids is 1. The summed E-state index contributed by atoms with van der Waals surface area (Å²) in [5.74, 6) is 1.88. The highest BCUT2D eigenvalue weighted by atomic mass is 32.2. The number of aromatic nitrogens is 3. The zero-order valence-electron chi connectivity index (χ0n) is 14.8. The lowest BCUT2D eigenvalue weighted by atomic mass is 10.2. The quantitative estimate of drug-likeness (QED) is 0.645. The molecule has 0 saturated heterocycles. The summed E-state index contributed by atoms with van der Waals surface area (Å²) >= 11 is 1.71. The Kier molecular flexibility index (Phi) is 6.28. The molecule has 0 bridgehead atoms. The highest BCUT2D eigenvalue weighted by molar-refractivity contribution is 7.98. The van der Waals surface area contributed by atoms with Crippen LogP contribution in [0.2, 0.25) is 0 Å². The van der Waals surface area contributed by atoms with E-state index in [4.69, 9.17) is 10.00 Å². The van der Waals surface area contributed by atoms with Crippen LogP contribution in [0.25, 0.3) is 5.65 Å². The van der Waals surface area contributed by atoms with Crippen molar-refractivity contribution in [3.05, 3.63) is 60.0 Å². The van der Waals surface area contributed by atoms with E-state index in [1.54, 1.807) is 36.0 Å². The minimum Gasteiger partial charge on any atom is -0.484 e. The molecular formula is C19H19N5O2S. The molecule has 1 amide bonds. The van der Waals surface area contributed by atoms with E-state index in [0.717, 1.165) is 17.8 Å². The van der Waals surface area contributed by atoms with Crippen LogP contribution in [0.5, 0.6) is 5.75 Å². The summed E-state index contributed by atoms with van der Waals surface area (Å²) in [6.07, 6.45) is 4.64. The second-order valence-electron chi connectivity index (χ2n) is 5.81. The first kappa shape index (κ1) is 18.7. The number of thioether (sulfide) groups is 1. The van der Waals surface area contributed by atoms with Crippen LogP contribution in [0.4, 0.5) is 0 Å². The maximum Gasteiger partial charge on any atom is 0.258 e. The van der Waals surface area contributed by atoms with E-state index < -0.39 is 0 Å². The van der Waals surface area contributed by atoms with Gasteiger partial charge in [0.2, 0.25) is 0 Å². The number of hydrogen-bond acceptors (Lipinski definition) is 6. The summed E-state index contributed by atoms with van der Waals surface area (Å²) in [4.78, 5) is 12.4. The van der Waals surface area contributed by atoms with Gasteiger partial charge in [0.15, 0.2) is 18.1 Å². The Morgan fingerprint density at radius 1 is 1.30 bits per heavy atom. The van der Waals surface area contributed by atoms with E-state index >= 15 is 0 Å². The average Bonchev–Trinajstić information content (AvgIpc) is 3.14. The van der Waals surface area contributed by atoms with Crippen LogP contribution in [-0.2, 0) is 4.79 Å². The molecular weight excluding hydrogens is 362 g/mol. The molecule has 2 aromatic heterocycles. The van der Waals surface area contributed by atoms with Crippen LogP contribution in [0.1, 0.15) is 23.9 Å². The Labute approximate surface area is 161 Å². The molecule has 27 heavy (non-hydrogen) atoms. The fourth-order valence-electron chi connectivity index (χ4n) is 2.61. The maximum absolute atomic E-state index is 12.4. The maximum atomic E-state index is 12.4. The van der Waals surface area contributed by atoms with Crippen LogP contribution >= 0.6 is 11.8 Å².